The summed E-state index contributed by atoms with van der Waals surface area (Å²) in [6.45, 7) is 8.39. The van der Waals surface area contributed by atoms with E-state index in [1.807, 2.05) is 33.8 Å². The Morgan fingerprint density at radius 3 is 2.12 bits per heavy atom. The van der Waals surface area contributed by atoms with Gasteiger partial charge in [0.2, 0.25) is 5.91 Å². The predicted octanol–water partition coefficient (Wildman–Crippen LogP) is 4.70. The van der Waals surface area contributed by atoms with Crippen molar-refractivity contribution in [2.75, 3.05) is 20.2 Å². The highest BCUT2D eigenvalue weighted by atomic mass is 19.1. The van der Waals surface area contributed by atoms with E-state index in [1.54, 1.807) is 23.1 Å². The SMILES string of the molecule is COc1cc(-c2ccc(F)cc2)cc(C)c1C1C(=O)CC2(CC1=O)CN(C(=O)C(C)(C)C)C2. The molecule has 4 rings (SSSR count). The molecule has 1 aliphatic heterocycles. The van der Waals surface area contributed by atoms with Crippen LogP contribution in [0.15, 0.2) is 36.4 Å². The standard InChI is InChI=1S/C27H30FNO4/c1-16-10-18(17-6-8-19(28)9-7-17)11-22(33-5)23(16)24-20(30)12-27(13-21(24)31)14-29(15-27)25(32)26(2,3)4/h6-11,24H,12-15H2,1-5H3. The van der Waals surface area contributed by atoms with Gasteiger partial charge in [-0.2, -0.15) is 0 Å². The minimum Gasteiger partial charge on any atom is -0.496 e. The van der Waals surface area contributed by atoms with Crippen molar-refractivity contribution < 1.29 is 23.5 Å². The average Bonchev–Trinajstić information content (AvgIpc) is 2.71. The summed E-state index contributed by atoms with van der Waals surface area (Å²) in [6, 6.07) is 9.86. The molecule has 5 nitrogen and oxygen atoms in total. The third kappa shape index (κ3) is 4.19. The zero-order valence-electron chi connectivity index (χ0n) is 19.8. The number of carbonyl (C=O) groups is 3. The molecule has 1 saturated heterocycles. The van der Waals surface area contributed by atoms with Crippen LogP contribution in [0.3, 0.4) is 0 Å². The monoisotopic (exact) mass is 451 g/mol. The normalized spacial score (nSPS) is 18.4. The Morgan fingerprint density at radius 1 is 1.03 bits per heavy atom. The van der Waals surface area contributed by atoms with Crippen molar-refractivity contribution >= 4 is 17.5 Å². The van der Waals surface area contributed by atoms with Gasteiger partial charge in [0.05, 0.1) is 7.11 Å². The molecule has 6 heteroatoms. The summed E-state index contributed by atoms with van der Waals surface area (Å²) in [5.74, 6) is -0.889. The van der Waals surface area contributed by atoms with Gasteiger partial charge in [0.25, 0.3) is 0 Å². The topological polar surface area (TPSA) is 63.7 Å². The van der Waals surface area contributed by atoms with Crippen LogP contribution in [0.25, 0.3) is 11.1 Å². The molecule has 1 spiro atoms. The molecule has 2 aromatic carbocycles. The number of nitrogens with zero attached hydrogens (tertiary/aromatic N) is 1. The molecule has 2 aromatic rings. The molecule has 2 aliphatic rings. The second-order valence-corrected chi connectivity index (χ2v) is 10.5. The smallest absolute Gasteiger partial charge is 0.227 e. The summed E-state index contributed by atoms with van der Waals surface area (Å²) in [7, 11) is 1.52. The summed E-state index contributed by atoms with van der Waals surface area (Å²) < 4.78 is 18.9. The summed E-state index contributed by atoms with van der Waals surface area (Å²) in [4.78, 5) is 40.8. The summed E-state index contributed by atoms with van der Waals surface area (Å²) in [5, 5.41) is 0. The predicted molar refractivity (Wildman–Crippen MR) is 124 cm³/mol. The van der Waals surface area contributed by atoms with Gasteiger partial charge in [0.15, 0.2) is 0 Å². The fourth-order valence-corrected chi connectivity index (χ4v) is 5.23. The van der Waals surface area contributed by atoms with Crippen molar-refractivity contribution in [3.05, 3.63) is 53.3 Å². The third-order valence-electron chi connectivity index (χ3n) is 6.76. The number of methoxy groups -OCH3 is 1. The third-order valence-corrected chi connectivity index (χ3v) is 6.76. The van der Waals surface area contributed by atoms with Crippen LogP contribution in [0.1, 0.15) is 50.7 Å². The van der Waals surface area contributed by atoms with E-state index in [2.05, 4.69) is 0 Å². The van der Waals surface area contributed by atoms with Crippen LogP contribution in [0.4, 0.5) is 4.39 Å². The number of likely N-dealkylation sites (tertiary alicyclic amines) is 1. The number of amides is 1. The van der Waals surface area contributed by atoms with Crippen molar-refractivity contribution in [3.8, 4) is 16.9 Å². The first-order valence-corrected chi connectivity index (χ1v) is 11.2. The maximum absolute atomic E-state index is 13.3. The van der Waals surface area contributed by atoms with Gasteiger partial charge < -0.3 is 9.64 Å². The lowest BCUT2D eigenvalue weighted by molar-refractivity contribution is -0.160. The molecule has 33 heavy (non-hydrogen) atoms. The van der Waals surface area contributed by atoms with Crippen molar-refractivity contribution in [1.82, 2.24) is 4.90 Å². The molecule has 0 aromatic heterocycles. The van der Waals surface area contributed by atoms with Gasteiger partial charge >= 0.3 is 0 Å². The first-order valence-electron chi connectivity index (χ1n) is 11.2. The molecule has 174 valence electrons. The lowest BCUT2D eigenvalue weighted by Crippen LogP contribution is -2.63. The van der Waals surface area contributed by atoms with Gasteiger partial charge in [-0.15, -0.1) is 0 Å². The first kappa shape index (κ1) is 23.1. The molecule has 1 aliphatic carbocycles. The molecular formula is C27H30FNO4. The lowest BCUT2D eigenvalue weighted by atomic mass is 9.63. The molecule has 1 saturated carbocycles. The van der Waals surface area contributed by atoms with Gasteiger partial charge in [0, 0.05) is 42.3 Å². The second kappa shape index (κ2) is 8.08. The fraction of sp³-hybridized carbons (Fsp3) is 0.444. The van der Waals surface area contributed by atoms with Crippen LogP contribution in [0.5, 0.6) is 5.75 Å². The van der Waals surface area contributed by atoms with Crippen LogP contribution >= 0.6 is 0 Å². The number of benzene rings is 2. The number of ketones is 2. The Bertz CT molecular complexity index is 1100. The van der Waals surface area contributed by atoms with Crippen LogP contribution in [0, 0.1) is 23.6 Å². The largest absolute Gasteiger partial charge is 0.496 e. The quantitative estimate of drug-likeness (QED) is 0.635. The molecule has 2 fully saturated rings. The molecule has 0 unspecified atom stereocenters. The second-order valence-electron chi connectivity index (χ2n) is 10.5. The van der Waals surface area contributed by atoms with Gasteiger partial charge in [-0.25, -0.2) is 4.39 Å². The molecule has 0 N–H and O–H groups in total. The average molecular weight is 452 g/mol. The Labute approximate surface area is 193 Å². The maximum atomic E-state index is 13.3. The van der Waals surface area contributed by atoms with Crippen LogP contribution in [-0.4, -0.2) is 42.6 Å². The van der Waals surface area contributed by atoms with Crippen LogP contribution in [0.2, 0.25) is 0 Å². The summed E-state index contributed by atoms with van der Waals surface area (Å²) >= 11 is 0. The van der Waals surface area contributed by atoms with Crippen LogP contribution < -0.4 is 4.74 Å². The van der Waals surface area contributed by atoms with Crippen molar-refractivity contribution in [2.24, 2.45) is 10.8 Å². The van der Waals surface area contributed by atoms with E-state index in [-0.39, 0.29) is 36.1 Å². The zero-order valence-corrected chi connectivity index (χ0v) is 19.8. The number of halogens is 1. The molecule has 1 heterocycles. The highest BCUT2D eigenvalue weighted by Crippen LogP contribution is 2.48. The minimum atomic E-state index is -0.861. The highest BCUT2D eigenvalue weighted by Gasteiger charge is 2.54. The summed E-state index contributed by atoms with van der Waals surface area (Å²) in [5.41, 5.74) is 2.12. The van der Waals surface area contributed by atoms with E-state index < -0.39 is 16.7 Å². The Hall–Kier alpha value is -3.02. The molecule has 0 atom stereocenters. The Kier molecular flexibility index (Phi) is 5.67. The van der Waals surface area contributed by atoms with E-state index in [4.69, 9.17) is 4.74 Å². The van der Waals surface area contributed by atoms with Crippen molar-refractivity contribution in [1.29, 1.82) is 0 Å². The fourth-order valence-electron chi connectivity index (χ4n) is 5.23. The van der Waals surface area contributed by atoms with Gasteiger partial charge in [-0.05, 0) is 41.8 Å². The first-order chi connectivity index (χ1) is 15.4. The minimum absolute atomic E-state index is 0.0454. The van der Waals surface area contributed by atoms with E-state index in [0.717, 1.165) is 16.7 Å². The Morgan fingerprint density at radius 2 is 1.61 bits per heavy atom. The van der Waals surface area contributed by atoms with E-state index in [9.17, 15) is 18.8 Å². The Balaban J connectivity index is 1.59. The number of hydrogen-bond acceptors (Lipinski definition) is 4. The molecule has 1 amide bonds. The molecule has 0 bridgehead atoms. The van der Waals surface area contributed by atoms with Gasteiger partial charge in [-0.3, -0.25) is 14.4 Å². The van der Waals surface area contributed by atoms with E-state index in [1.165, 1.54) is 19.2 Å². The number of hydrogen-bond donors (Lipinski definition) is 0. The number of carbonyl (C=O) groups excluding carboxylic acids is 3. The van der Waals surface area contributed by atoms with Crippen molar-refractivity contribution in [2.45, 2.75) is 46.5 Å². The van der Waals surface area contributed by atoms with Crippen molar-refractivity contribution in [3.63, 3.8) is 0 Å². The van der Waals surface area contributed by atoms with E-state index >= 15 is 0 Å². The zero-order chi connectivity index (χ0) is 24.1. The highest BCUT2D eigenvalue weighted by molar-refractivity contribution is 6.11. The van der Waals surface area contributed by atoms with E-state index in [0.29, 0.717) is 24.4 Å². The van der Waals surface area contributed by atoms with Crippen LogP contribution in [-0.2, 0) is 14.4 Å². The lowest BCUT2D eigenvalue weighted by Gasteiger charge is -2.53. The number of aryl methyl sites for hydroxylation is 1. The maximum Gasteiger partial charge on any atom is 0.227 e. The van der Waals surface area contributed by atoms with Gasteiger partial charge in [0.1, 0.15) is 29.1 Å². The number of ether oxygens (including phenoxy) is 1. The molecule has 0 radical (unpaired) electrons. The van der Waals surface area contributed by atoms with Gasteiger partial charge in [-0.1, -0.05) is 39.0 Å². The number of rotatable bonds is 3. The summed E-state index contributed by atoms with van der Waals surface area (Å²) in [6.07, 6.45) is 0.555. The number of Topliss-reactive ketones (excluding diaryl/α,β-unsaturated/α-hetero) is 2. The molecular weight excluding hydrogens is 421 g/mol.